The minimum absolute atomic E-state index is 0.139. The Morgan fingerprint density at radius 3 is 2.45 bits per heavy atom. The summed E-state index contributed by atoms with van der Waals surface area (Å²) in [4.78, 5) is 23.4. The highest BCUT2D eigenvalue weighted by molar-refractivity contribution is 6.33. The molecule has 0 unspecified atom stereocenters. The predicted octanol–water partition coefficient (Wildman–Crippen LogP) is 3.37. The van der Waals surface area contributed by atoms with Crippen molar-refractivity contribution >= 4 is 29.2 Å². The lowest BCUT2D eigenvalue weighted by Crippen LogP contribution is -2.21. The molecule has 0 atom stereocenters. The number of amides is 1. The molecule has 0 radical (unpaired) electrons. The molecule has 5 heteroatoms. The summed E-state index contributed by atoms with van der Waals surface area (Å²) in [6.45, 7) is 1.64. The second-order valence-electron chi connectivity index (χ2n) is 4.85. The third-order valence-corrected chi connectivity index (χ3v) is 3.31. The monoisotopic (exact) mass is 317 g/mol. The number of hydrogen-bond donors (Lipinski definition) is 1. The van der Waals surface area contributed by atoms with Crippen LogP contribution in [-0.4, -0.2) is 18.5 Å². The van der Waals surface area contributed by atoms with E-state index in [9.17, 15) is 9.59 Å². The summed E-state index contributed by atoms with van der Waals surface area (Å²) in [5, 5.41) is 3.02. The van der Waals surface area contributed by atoms with Gasteiger partial charge in [-0.2, -0.15) is 0 Å². The number of esters is 1. The minimum atomic E-state index is -0.446. The van der Waals surface area contributed by atoms with Gasteiger partial charge in [0, 0.05) is 0 Å². The molecule has 22 heavy (non-hydrogen) atoms. The third kappa shape index (κ3) is 4.90. The summed E-state index contributed by atoms with van der Waals surface area (Å²) in [5.41, 5.74) is 2.46. The molecule has 1 N–H and O–H groups in total. The van der Waals surface area contributed by atoms with E-state index in [4.69, 9.17) is 16.3 Å². The van der Waals surface area contributed by atoms with Crippen LogP contribution in [0, 0.1) is 6.92 Å². The summed E-state index contributed by atoms with van der Waals surface area (Å²) < 4.78 is 4.96. The van der Waals surface area contributed by atoms with Crippen molar-refractivity contribution in [3.63, 3.8) is 0 Å². The Kier molecular flexibility index (Phi) is 5.55. The molecule has 114 valence electrons. The number of hydrogen-bond acceptors (Lipinski definition) is 3. The number of aryl methyl sites for hydroxylation is 1. The average molecular weight is 318 g/mol. The lowest BCUT2D eigenvalue weighted by molar-refractivity contribution is -0.146. The molecule has 2 aromatic rings. The molecule has 0 heterocycles. The second-order valence-corrected chi connectivity index (χ2v) is 5.26. The van der Waals surface area contributed by atoms with Gasteiger partial charge in [-0.25, -0.2) is 0 Å². The van der Waals surface area contributed by atoms with E-state index in [0.29, 0.717) is 10.7 Å². The molecule has 0 aliphatic carbocycles. The first-order valence-corrected chi connectivity index (χ1v) is 7.18. The normalized spacial score (nSPS) is 10.1. The number of halogens is 1. The molecule has 0 aromatic heterocycles. The number of carbonyl (C=O) groups excluding carboxylic acids is 2. The van der Waals surface area contributed by atoms with Gasteiger partial charge in [-0.05, 0) is 24.6 Å². The van der Waals surface area contributed by atoms with Crippen LogP contribution in [0.3, 0.4) is 0 Å². The Balaban J connectivity index is 1.79. The van der Waals surface area contributed by atoms with Crippen LogP contribution in [0.25, 0.3) is 0 Å². The summed E-state index contributed by atoms with van der Waals surface area (Å²) in [6, 6.07) is 14.4. The van der Waals surface area contributed by atoms with Gasteiger partial charge in [0.15, 0.2) is 6.61 Å². The Bertz CT molecular complexity index is 668. The number of rotatable bonds is 5. The van der Waals surface area contributed by atoms with Gasteiger partial charge in [-0.3, -0.25) is 9.59 Å². The van der Waals surface area contributed by atoms with E-state index in [2.05, 4.69) is 5.32 Å². The van der Waals surface area contributed by atoms with Crippen LogP contribution in [0.1, 0.15) is 11.1 Å². The molecule has 0 aliphatic rings. The van der Waals surface area contributed by atoms with Crippen LogP contribution in [0.15, 0.2) is 48.5 Å². The van der Waals surface area contributed by atoms with Gasteiger partial charge in [-0.1, -0.05) is 53.6 Å². The molecule has 2 rings (SSSR count). The molecule has 0 saturated heterocycles. The van der Waals surface area contributed by atoms with E-state index in [1.165, 1.54) is 0 Å². The maximum absolute atomic E-state index is 11.7. The molecule has 1 amide bonds. The van der Waals surface area contributed by atoms with Gasteiger partial charge >= 0.3 is 5.97 Å². The maximum atomic E-state index is 11.7. The van der Waals surface area contributed by atoms with Gasteiger partial charge < -0.3 is 10.1 Å². The quantitative estimate of drug-likeness (QED) is 0.860. The molecule has 2 aromatic carbocycles. The average Bonchev–Trinajstić information content (AvgIpc) is 2.50. The molecule has 4 nitrogen and oxygen atoms in total. The minimum Gasteiger partial charge on any atom is -0.455 e. The zero-order valence-corrected chi connectivity index (χ0v) is 12.9. The lowest BCUT2D eigenvalue weighted by atomic mass is 10.1. The molecule has 0 saturated carbocycles. The first-order chi connectivity index (χ1) is 10.5. The van der Waals surface area contributed by atoms with E-state index in [1.54, 1.807) is 24.3 Å². The standard InChI is InChI=1S/C17H16ClNO3/c1-12-6-8-13(9-7-12)10-17(21)22-11-16(20)19-15-5-3-2-4-14(15)18/h2-9H,10-11H2,1H3,(H,19,20). The summed E-state index contributed by atoms with van der Waals surface area (Å²) in [7, 11) is 0. The lowest BCUT2D eigenvalue weighted by Gasteiger charge is -2.08. The summed E-state index contributed by atoms with van der Waals surface area (Å²) in [6.07, 6.45) is 0.139. The molecule has 0 bridgehead atoms. The zero-order valence-electron chi connectivity index (χ0n) is 12.1. The first-order valence-electron chi connectivity index (χ1n) is 6.80. The molecule has 0 fully saturated rings. The largest absolute Gasteiger partial charge is 0.455 e. The van der Waals surface area contributed by atoms with Crippen LogP contribution in [0.4, 0.5) is 5.69 Å². The molecular weight excluding hydrogens is 302 g/mol. The third-order valence-electron chi connectivity index (χ3n) is 2.98. The van der Waals surface area contributed by atoms with Gasteiger partial charge in [0.25, 0.3) is 5.91 Å². The van der Waals surface area contributed by atoms with Crippen molar-refractivity contribution in [3.05, 3.63) is 64.7 Å². The van der Waals surface area contributed by atoms with Crippen LogP contribution in [0.2, 0.25) is 5.02 Å². The summed E-state index contributed by atoms with van der Waals surface area (Å²) >= 11 is 5.93. The van der Waals surface area contributed by atoms with Gasteiger partial charge in [-0.15, -0.1) is 0 Å². The van der Waals surface area contributed by atoms with Crippen LogP contribution >= 0.6 is 11.6 Å². The fraction of sp³-hybridized carbons (Fsp3) is 0.176. The Morgan fingerprint density at radius 1 is 1.09 bits per heavy atom. The van der Waals surface area contributed by atoms with Crippen LogP contribution in [0.5, 0.6) is 0 Å². The smallest absolute Gasteiger partial charge is 0.310 e. The van der Waals surface area contributed by atoms with Crippen molar-refractivity contribution < 1.29 is 14.3 Å². The number of carbonyl (C=O) groups is 2. The van der Waals surface area contributed by atoms with E-state index in [0.717, 1.165) is 11.1 Å². The van der Waals surface area contributed by atoms with Gasteiger partial charge in [0.1, 0.15) is 0 Å². The van der Waals surface area contributed by atoms with Crippen molar-refractivity contribution in [1.29, 1.82) is 0 Å². The SMILES string of the molecule is Cc1ccc(CC(=O)OCC(=O)Nc2ccccc2Cl)cc1. The van der Waals surface area contributed by atoms with Crippen molar-refractivity contribution in [1.82, 2.24) is 0 Å². The number of nitrogens with one attached hydrogen (secondary N) is 1. The first kappa shape index (κ1) is 16.0. The Labute approximate surface area is 134 Å². The number of benzene rings is 2. The number of ether oxygens (including phenoxy) is 1. The highest BCUT2D eigenvalue weighted by Gasteiger charge is 2.10. The van der Waals surface area contributed by atoms with E-state index >= 15 is 0 Å². The van der Waals surface area contributed by atoms with Crippen molar-refractivity contribution in [2.45, 2.75) is 13.3 Å². The topological polar surface area (TPSA) is 55.4 Å². The Morgan fingerprint density at radius 2 is 1.77 bits per heavy atom. The number of anilines is 1. The molecule has 0 spiro atoms. The molecule has 0 aliphatic heterocycles. The zero-order chi connectivity index (χ0) is 15.9. The fourth-order valence-electron chi connectivity index (χ4n) is 1.82. The maximum Gasteiger partial charge on any atom is 0.310 e. The van der Waals surface area contributed by atoms with Crippen molar-refractivity contribution in [2.75, 3.05) is 11.9 Å². The highest BCUT2D eigenvalue weighted by atomic mass is 35.5. The summed E-state index contributed by atoms with van der Waals surface area (Å²) in [5.74, 6) is -0.872. The highest BCUT2D eigenvalue weighted by Crippen LogP contribution is 2.20. The van der Waals surface area contributed by atoms with E-state index in [-0.39, 0.29) is 13.0 Å². The fourth-order valence-corrected chi connectivity index (χ4v) is 2.00. The van der Waals surface area contributed by atoms with Crippen molar-refractivity contribution in [2.24, 2.45) is 0 Å². The van der Waals surface area contributed by atoms with E-state index < -0.39 is 11.9 Å². The van der Waals surface area contributed by atoms with Crippen LogP contribution in [-0.2, 0) is 20.7 Å². The molecular formula is C17H16ClNO3. The van der Waals surface area contributed by atoms with Crippen LogP contribution < -0.4 is 5.32 Å². The predicted molar refractivity (Wildman–Crippen MR) is 85.9 cm³/mol. The van der Waals surface area contributed by atoms with Crippen molar-refractivity contribution in [3.8, 4) is 0 Å². The van der Waals surface area contributed by atoms with E-state index in [1.807, 2.05) is 31.2 Å². The van der Waals surface area contributed by atoms with Gasteiger partial charge in [0.05, 0.1) is 17.1 Å². The van der Waals surface area contributed by atoms with Gasteiger partial charge in [0.2, 0.25) is 0 Å². The number of para-hydroxylation sites is 1. The second kappa shape index (κ2) is 7.61. The Hall–Kier alpha value is -2.33.